The molecule has 1 N–H and O–H groups in total. The lowest BCUT2D eigenvalue weighted by atomic mass is 10.1. The third-order valence-corrected chi connectivity index (χ3v) is 5.21. The summed E-state index contributed by atoms with van der Waals surface area (Å²) in [4.78, 5) is 37.8. The number of aromatic nitrogens is 2. The minimum absolute atomic E-state index is 0.109. The highest BCUT2D eigenvalue weighted by atomic mass is 19.1. The lowest BCUT2D eigenvalue weighted by molar-refractivity contribution is 0.0741. The Labute approximate surface area is 179 Å². The van der Waals surface area contributed by atoms with Gasteiger partial charge in [-0.2, -0.15) is 0 Å². The molecule has 2 amide bonds. The average Bonchev–Trinajstić information content (AvgIpc) is 2.80. The van der Waals surface area contributed by atoms with Crippen LogP contribution in [-0.2, 0) is 0 Å². The molecule has 1 aliphatic rings. The SMILES string of the molecule is Cc1ccc(C(=O)Nc2nccnc2C(=O)N2CCN(c3ccc(F)cc3)CC2)cc1. The predicted molar refractivity (Wildman–Crippen MR) is 116 cm³/mol. The Morgan fingerprint density at radius 1 is 0.903 bits per heavy atom. The Hall–Kier alpha value is -3.81. The number of hydrogen-bond donors (Lipinski definition) is 1. The molecule has 0 saturated carbocycles. The van der Waals surface area contributed by atoms with Gasteiger partial charge >= 0.3 is 0 Å². The van der Waals surface area contributed by atoms with Crippen LogP contribution in [0.15, 0.2) is 60.9 Å². The highest BCUT2D eigenvalue weighted by molar-refractivity contribution is 6.07. The van der Waals surface area contributed by atoms with Crippen molar-refractivity contribution in [3.8, 4) is 0 Å². The summed E-state index contributed by atoms with van der Waals surface area (Å²) < 4.78 is 13.1. The molecule has 4 rings (SSSR count). The topological polar surface area (TPSA) is 78.4 Å². The third kappa shape index (κ3) is 4.69. The third-order valence-electron chi connectivity index (χ3n) is 5.21. The van der Waals surface area contributed by atoms with Crippen molar-refractivity contribution in [1.82, 2.24) is 14.9 Å². The minimum Gasteiger partial charge on any atom is -0.368 e. The molecule has 0 atom stereocenters. The van der Waals surface area contributed by atoms with Gasteiger partial charge in [0.05, 0.1) is 0 Å². The number of carbonyl (C=O) groups excluding carboxylic acids is 2. The van der Waals surface area contributed by atoms with Crippen LogP contribution in [-0.4, -0.2) is 52.9 Å². The smallest absolute Gasteiger partial charge is 0.276 e. The molecule has 31 heavy (non-hydrogen) atoms. The van der Waals surface area contributed by atoms with E-state index < -0.39 is 0 Å². The Balaban J connectivity index is 1.44. The number of aryl methyl sites for hydroxylation is 1. The molecule has 7 nitrogen and oxygen atoms in total. The van der Waals surface area contributed by atoms with Gasteiger partial charge < -0.3 is 15.1 Å². The summed E-state index contributed by atoms with van der Waals surface area (Å²) in [7, 11) is 0. The maximum atomic E-state index is 13.1. The molecule has 2 heterocycles. The fraction of sp³-hybridized carbons (Fsp3) is 0.217. The van der Waals surface area contributed by atoms with Crippen molar-refractivity contribution < 1.29 is 14.0 Å². The molecule has 0 aliphatic carbocycles. The predicted octanol–water partition coefficient (Wildman–Crippen LogP) is 3.14. The second-order valence-electron chi connectivity index (χ2n) is 7.33. The van der Waals surface area contributed by atoms with Crippen LogP contribution in [0.4, 0.5) is 15.9 Å². The van der Waals surface area contributed by atoms with E-state index in [-0.39, 0.29) is 29.1 Å². The van der Waals surface area contributed by atoms with Gasteiger partial charge in [0, 0.05) is 49.8 Å². The van der Waals surface area contributed by atoms with Crippen LogP contribution in [0.25, 0.3) is 0 Å². The zero-order valence-corrected chi connectivity index (χ0v) is 17.1. The second-order valence-corrected chi connectivity index (χ2v) is 7.33. The van der Waals surface area contributed by atoms with Gasteiger partial charge in [0.2, 0.25) is 0 Å². The molecule has 0 bridgehead atoms. The van der Waals surface area contributed by atoms with Crippen LogP contribution in [0.3, 0.4) is 0 Å². The molecule has 2 aromatic carbocycles. The van der Waals surface area contributed by atoms with Gasteiger partial charge in [-0.15, -0.1) is 0 Å². The van der Waals surface area contributed by atoms with E-state index in [4.69, 9.17) is 0 Å². The molecular weight excluding hydrogens is 397 g/mol. The summed E-state index contributed by atoms with van der Waals surface area (Å²) in [6.07, 6.45) is 2.87. The summed E-state index contributed by atoms with van der Waals surface area (Å²) in [5.41, 5.74) is 2.55. The maximum Gasteiger partial charge on any atom is 0.276 e. The van der Waals surface area contributed by atoms with Gasteiger partial charge in [-0.05, 0) is 43.3 Å². The summed E-state index contributed by atoms with van der Waals surface area (Å²) in [5, 5.41) is 2.70. The Morgan fingerprint density at radius 3 is 2.23 bits per heavy atom. The van der Waals surface area contributed by atoms with Gasteiger partial charge in [0.15, 0.2) is 11.5 Å². The van der Waals surface area contributed by atoms with Crippen molar-refractivity contribution in [2.75, 3.05) is 36.4 Å². The molecule has 8 heteroatoms. The van der Waals surface area contributed by atoms with Crippen LogP contribution in [0.2, 0.25) is 0 Å². The lowest BCUT2D eigenvalue weighted by Crippen LogP contribution is -2.49. The van der Waals surface area contributed by atoms with Gasteiger partial charge in [0.25, 0.3) is 11.8 Å². The van der Waals surface area contributed by atoms with Gasteiger partial charge in [-0.25, -0.2) is 14.4 Å². The molecule has 1 aromatic heterocycles. The number of benzene rings is 2. The van der Waals surface area contributed by atoms with Crippen LogP contribution in [0.5, 0.6) is 0 Å². The average molecular weight is 419 g/mol. The molecule has 0 spiro atoms. The van der Waals surface area contributed by atoms with Crippen molar-refractivity contribution in [2.24, 2.45) is 0 Å². The van der Waals surface area contributed by atoms with Gasteiger partial charge in [-0.3, -0.25) is 9.59 Å². The number of rotatable bonds is 4. The highest BCUT2D eigenvalue weighted by Crippen LogP contribution is 2.19. The van der Waals surface area contributed by atoms with Crippen LogP contribution in [0, 0.1) is 12.7 Å². The van der Waals surface area contributed by atoms with E-state index in [0.717, 1.165) is 11.3 Å². The maximum absolute atomic E-state index is 13.1. The number of hydrogen-bond acceptors (Lipinski definition) is 5. The van der Waals surface area contributed by atoms with E-state index in [2.05, 4.69) is 20.2 Å². The number of carbonyl (C=O) groups is 2. The van der Waals surface area contributed by atoms with E-state index in [1.165, 1.54) is 24.5 Å². The number of anilines is 2. The first-order valence-electron chi connectivity index (χ1n) is 10.00. The van der Waals surface area contributed by atoms with Gasteiger partial charge in [-0.1, -0.05) is 17.7 Å². The minimum atomic E-state index is -0.351. The summed E-state index contributed by atoms with van der Waals surface area (Å²) in [5.74, 6) is -0.777. The fourth-order valence-electron chi connectivity index (χ4n) is 3.44. The zero-order valence-electron chi connectivity index (χ0n) is 17.1. The van der Waals surface area contributed by atoms with Crippen molar-refractivity contribution in [1.29, 1.82) is 0 Å². The Kier molecular flexibility index (Phi) is 5.88. The first-order valence-corrected chi connectivity index (χ1v) is 10.00. The van der Waals surface area contributed by atoms with Gasteiger partial charge in [0.1, 0.15) is 5.82 Å². The molecule has 3 aromatic rings. The normalized spacial score (nSPS) is 13.7. The zero-order chi connectivity index (χ0) is 21.8. The van der Waals surface area contributed by atoms with Crippen molar-refractivity contribution in [3.05, 3.63) is 83.6 Å². The monoisotopic (exact) mass is 419 g/mol. The largest absolute Gasteiger partial charge is 0.368 e. The number of amides is 2. The molecule has 1 saturated heterocycles. The first-order chi connectivity index (χ1) is 15.0. The van der Waals surface area contributed by atoms with E-state index >= 15 is 0 Å². The van der Waals surface area contributed by atoms with Crippen LogP contribution >= 0.6 is 0 Å². The molecule has 1 fully saturated rings. The van der Waals surface area contributed by atoms with Crippen molar-refractivity contribution >= 4 is 23.3 Å². The van der Waals surface area contributed by atoms with E-state index in [1.54, 1.807) is 29.2 Å². The molecule has 1 aliphatic heterocycles. The quantitative estimate of drug-likeness (QED) is 0.703. The number of nitrogens with one attached hydrogen (secondary N) is 1. The number of halogens is 1. The molecule has 0 radical (unpaired) electrons. The number of nitrogens with zero attached hydrogens (tertiary/aromatic N) is 4. The molecular formula is C23H22FN5O2. The summed E-state index contributed by atoms with van der Waals surface area (Å²) in [6.45, 7) is 4.14. The van der Waals surface area contributed by atoms with Crippen LogP contribution in [0.1, 0.15) is 26.4 Å². The lowest BCUT2D eigenvalue weighted by Gasteiger charge is -2.36. The van der Waals surface area contributed by atoms with Crippen LogP contribution < -0.4 is 10.2 Å². The Morgan fingerprint density at radius 2 is 1.55 bits per heavy atom. The Bertz CT molecular complexity index is 1080. The molecule has 0 unspecified atom stereocenters. The highest BCUT2D eigenvalue weighted by Gasteiger charge is 2.26. The standard InChI is InChI=1S/C23H22FN5O2/c1-16-2-4-17(5-3-16)22(30)27-21-20(25-10-11-26-21)23(31)29-14-12-28(13-15-29)19-8-6-18(24)7-9-19/h2-11H,12-15H2,1H3,(H,26,27,30). The fourth-order valence-corrected chi connectivity index (χ4v) is 3.44. The van der Waals surface area contributed by atoms with E-state index in [1.807, 2.05) is 19.1 Å². The van der Waals surface area contributed by atoms with E-state index in [0.29, 0.717) is 31.7 Å². The summed E-state index contributed by atoms with van der Waals surface area (Å²) in [6, 6.07) is 13.4. The molecule has 158 valence electrons. The number of piperazine rings is 1. The first kappa shape index (κ1) is 20.5. The second kappa shape index (κ2) is 8.91. The van der Waals surface area contributed by atoms with Crippen molar-refractivity contribution in [2.45, 2.75) is 6.92 Å². The van der Waals surface area contributed by atoms with Crippen molar-refractivity contribution in [3.63, 3.8) is 0 Å². The summed E-state index contributed by atoms with van der Waals surface area (Å²) >= 11 is 0. The van der Waals surface area contributed by atoms with E-state index in [9.17, 15) is 14.0 Å².